The Bertz CT molecular complexity index is 1470. The fourth-order valence-corrected chi connectivity index (χ4v) is 7.70. The summed E-state index contributed by atoms with van der Waals surface area (Å²) in [7, 11) is -1.34. The van der Waals surface area contributed by atoms with Crippen LogP contribution in [0, 0.1) is 0 Å². The van der Waals surface area contributed by atoms with Crippen LogP contribution in [0.4, 0.5) is 0 Å². The lowest BCUT2D eigenvalue weighted by Crippen LogP contribution is -2.49. The molecule has 0 amide bonds. The van der Waals surface area contributed by atoms with Crippen molar-refractivity contribution in [2.24, 2.45) is 0 Å². The molecule has 0 radical (unpaired) electrons. The van der Waals surface area contributed by atoms with Crippen LogP contribution in [-0.2, 0) is 23.1 Å². The standard InChI is InChI=1S/C28H31ClN4O3S2/c1-31(21-23-6-9-26-24(19-23)3-2-12-30-26)20-22-4-7-25(8-5-22)36-18-17-32-13-15-33(16-14-32)38(34,35)28-11-10-27(29)37-28/h2-12,19H,13-18,20-21H2,1H3. The van der Waals surface area contributed by atoms with Crippen LogP contribution < -0.4 is 4.74 Å². The highest BCUT2D eigenvalue weighted by Crippen LogP contribution is 2.28. The molecule has 1 aliphatic heterocycles. The first-order chi connectivity index (χ1) is 18.4. The van der Waals surface area contributed by atoms with Gasteiger partial charge in [0.25, 0.3) is 10.0 Å². The van der Waals surface area contributed by atoms with E-state index in [4.69, 9.17) is 16.3 Å². The molecule has 0 saturated carbocycles. The van der Waals surface area contributed by atoms with Gasteiger partial charge in [-0.2, -0.15) is 4.31 Å². The summed E-state index contributed by atoms with van der Waals surface area (Å²) in [5.41, 5.74) is 3.51. The summed E-state index contributed by atoms with van der Waals surface area (Å²) in [5, 5.41) is 1.16. The number of nitrogens with zero attached hydrogens (tertiary/aromatic N) is 4. The topological polar surface area (TPSA) is 66.0 Å². The zero-order valence-electron chi connectivity index (χ0n) is 21.3. The molecule has 0 unspecified atom stereocenters. The fraction of sp³-hybridized carbons (Fsp3) is 0.321. The highest BCUT2D eigenvalue weighted by atomic mass is 35.5. The minimum absolute atomic E-state index is 0.306. The van der Waals surface area contributed by atoms with Gasteiger partial charge in [0.1, 0.15) is 16.6 Å². The Balaban J connectivity index is 1.04. The van der Waals surface area contributed by atoms with Gasteiger partial charge in [-0.1, -0.05) is 35.9 Å². The number of thiophene rings is 1. The van der Waals surface area contributed by atoms with Gasteiger partial charge in [-0.25, -0.2) is 8.42 Å². The van der Waals surface area contributed by atoms with Crippen molar-refractivity contribution in [2.75, 3.05) is 46.4 Å². The van der Waals surface area contributed by atoms with Gasteiger partial charge in [0.2, 0.25) is 0 Å². The van der Waals surface area contributed by atoms with Gasteiger partial charge < -0.3 is 4.74 Å². The summed E-state index contributed by atoms with van der Waals surface area (Å²) in [6, 6.07) is 21.9. The maximum Gasteiger partial charge on any atom is 0.252 e. The van der Waals surface area contributed by atoms with Crippen molar-refractivity contribution in [3.63, 3.8) is 0 Å². The number of aromatic nitrogens is 1. The third kappa shape index (κ3) is 6.72. The zero-order valence-corrected chi connectivity index (χ0v) is 23.7. The van der Waals surface area contributed by atoms with Crippen molar-refractivity contribution in [1.29, 1.82) is 0 Å². The summed E-state index contributed by atoms with van der Waals surface area (Å²) in [4.78, 5) is 8.92. The van der Waals surface area contributed by atoms with E-state index in [1.54, 1.807) is 16.4 Å². The molecule has 0 N–H and O–H groups in total. The molecule has 10 heteroatoms. The summed E-state index contributed by atoms with van der Waals surface area (Å²) >= 11 is 7.02. The normalized spacial score (nSPS) is 15.3. The van der Waals surface area contributed by atoms with E-state index in [9.17, 15) is 8.42 Å². The second-order valence-electron chi connectivity index (χ2n) is 9.50. The zero-order chi connectivity index (χ0) is 26.5. The molecule has 0 atom stereocenters. The Morgan fingerprint density at radius 1 is 0.974 bits per heavy atom. The number of halogens is 1. The molecule has 1 fully saturated rings. The van der Waals surface area contributed by atoms with E-state index in [-0.39, 0.29) is 0 Å². The van der Waals surface area contributed by atoms with Crippen molar-refractivity contribution in [2.45, 2.75) is 17.3 Å². The quantitative estimate of drug-likeness (QED) is 0.268. The first kappa shape index (κ1) is 27.1. The van der Waals surface area contributed by atoms with Crippen LogP contribution in [0.1, 0.15) is 11.1 Å². The monoisotopic (exact) mass is 570 g/mol. The van der Waals surface area contributed by atoms with E-state index in [1.165, 1.54) is 11.1 Å². The maximum atomic E-state index is 12.8. The average molecular weight is 571 g/mol. The van der Waals surface area contributed by atoms with Gasteiger partial charge in [0.05, 0.1) is 9.85 Å². The Morgan fingerprint density at radius 3 is 2.45 bits per heavy atom. The van der Waals surface area contributed by atoms with Crippen molar-refractivity contribution < 1.29 is 13.2 Å². The molecule has 2 aromatic carbocycles. The Labute approximate surface area is 233 Å². The van der Waals surface area contributed by atoms with Crippen LogP contribution in [-0.4, -0.2) is 73.9 Å². The molecule has 1 saturated heterocycles. The number of sulfonamides is 1. The molecular formula is C28H31ClN4O3S2. The van der Waals surface area contributed by atoms with Gasteiger partial charge in [-0.15, -0.1) is 11.3 Å². The van der Waals surface area contributed by atoms with Crippen LogP contribution >= 0.6 is 22.9 Å². The molecule has 4 aromatic rings. The van der Waals surface area contributed by atoms with Crippen molar-refractivity contribution >= 4 is 43.9 Å². The molecule has 200 valence electrons. The van der Waals surface area contributed by atoms with E-state index in [0.717, 1.165) is 47.6 Å². The highest BCUT2D eigenvalue weighted by molar-refractivity contribution is 7.91. The number of hydrogen-bond acceptors (Lipinski definition) is 7. The second kappa shape index (κ2) is 12.1. The summed E-state index contributed by atoms with van der Waals surface area (Å²) in [6.45, 7) is 5.32. The molecule has 1 aliphatic rings. The number of hydrogen-bond donors (Lipinski definition) is 0. The summed E-state index contributed by atoms with van der Waals surface area (Å²) in [5.74, 6) is 0.842. The van der Waals surface area contributed by atoms with Crippen LogP contribution in [0.25, 0.3) is 10.9 Å². The van der Waals surface area contributed by atoms with E-state index in [1.807, 2.05) is 24.4 Å². The minimum atomic E-state index is -3.46. The summed E-state index contributed by atoms with van der Waals surface area (Å²) < 4.78 is 33.8. The number of rotatable bonds is 10. The van der Waals surface area contributed by atoms with Crippen molar-refractivity contribution in [3.05, 3.63) is 88.4 Å². The molecule has 38 heavy (non-hydrogen) atoms. The molecule has 0 spiro atoms. The molecule has 0 aliphatic carbocycles. The fourth-order valence-electron chi connectivity index (χ4n) is 4.64. The van der Waals surface area contributed by atoms with Gasteiger partial charge in [-0.3, -0.25) is 14.8 Å². The Morgan fingerprint density at radius 2 is 1.71 bits per heavy atom. The second-order valence-corrected chi connectivity index (χ2v) is 13.4. The Hall–Kier alpha value is -2.53. The largest absolute Gasteiger partial charge is 0.492 e. The smallest absolute Gasteiger partial charge is 0.252 e. The number of piperazine rings is 1. The van der Waals surface area contributed by atoms with Crippen LogP contribution in [0.3, 0.4) is 0 Å². The van der Waals surface area contributed by atoms with E-state index < -0.39 is 10.0 Å². The minimum Gasteiger partial charge on any atom is -0.492 e. The predicted molar refractivity (Wildman–Crippen MR) is 153 cm³/mol. The van der Waals surface area contributed by atoms with Gasteiger partial charge >= 0.3 is 0 Å². The van der Waals surface area contributed by atoms with Gasteiger partial charge in [-0.05, 0) is 60.6 Å². The number of ether oxygens (including phenoxy) is 1. The van der Waals surface area contributed by atoms with Crippen LogP contribution in [0.2, 0.25) is 4.34 Å². The van der Waals surface area contributed by atoms with E-state index >= 15 is 0 Å². The molecule has 7 nitrogen and oxygen atoms in total. The number of fused-ring (bicyclic) bond motifs is 1. The Kier molecular flexibility index (Phi) is 8.62. The summed E-state index contributed by atoms with van der Waals surface area (Å²) in [6.07, 6.45) is 1.82. The molecule has 2 aromatic heterocycles. The van der Waals surface area contributed by atoms with Gasteiger partial charge in [0, 0.05) is 57.4 Å². The predicted octanol–water partition coefficient (Wildman–Crippen LogP) is 4.97. The lowest BCUT2D eigenvalue weighted by Gasteiger charge is -2.33. The lowest BCUT2D eigenvalue weighted by molar-refractivity contribution is 0.159. The highest BCUT2D eigenvalue weighted by Gasteiger charge is 2.29. The van der Waals surface area contributed by atoms with Gasteiger partial charge in [0.15, 0.2) is 0 Å². The SMILES string of the molecule is CN(Cc1ccc(OCCN2CCN(S(=O)(=O)c3ccc(Cl)s3)CC2)cc1)Cc1ccc2ncccc2c1. The van der Waals surface area contributed by atoms with Crippen molar-refractivity contribution in [3.8, 4) is 5.75 Å². The lowest BCUT2D eigenvalue weighted by atomic mass is 10.1. The van der Waals surface area contributed by atoms with E-state index in [2.05, 4.69) is 58.2 Å². The van der Waals surface area contributed by atoms with Crippen molar-refractivity contribution in [1.82, 2.24) is 19.1 Å². The van der Waals surface area contributed by atoms with E-state index in [0.29, 0.717) is 41.3 Å². The molecule has 3 heterocycles. The molecular weight excluding hydrogens is 540 g/mol. The molecule has 5 rings (SSSR count). The number of pyridine rings is 1. The van der Waals surface area contributed by atoms with Crippen LogP contribution in [0.15, 0.2) is 77.1 Å². The maximum absolute atomic E-state index is 12.8. The first-order valence-corrected chi connectivity index (χ1v) is 15.2. The molecule has 0 bridgehead atoms. The first-order valence-electron chi connectivity index (χ1n) is 12.6. The average Bonchev–Trinajstić information content (AvgIpc) is 3.37. The number of benzene rings is 2. The third-order valence-corrected chi connectivity index (χ3v) is 10.2. The van der Waals surface area contributed by atoms with Crippen LogP contribution in [0.5, 0.6) is 5.75 Å². The third-order valence-electron chi connectivity index (χ3n) is 6.65.